The third-order valence-electron chi connectivity index (χ3n) is 3.44. The van der Waals surface area contributed by atoms with Gasteiger partial charge in [0.05, 0.1) is 0 Å². The van der Waals surface area contributed by atoms with Crippen LogP contribution in [0.25, 0.3) is 0 Å². The zero-order chi connectivity index (χ0) is 11.4. The molecule has 0 spiro atoms. The van der Waals surface area contributed by atoms with Crippen LogP contribution in [0.15, 0.2) is 0 Å². The second-order valence-electron chi connectivity index (χ2n) is 5.04. The Kier molecular flexibility index (Phi) is 4.58. The van der Waals surface area contributed by atoms with Gasteiger partial charge in [0, 0.05) is 6.04 Å². The fourth-order valence-corrected chi connectivity index (χ4v) is 2.25. The monoisotopic (exact) mass is 213 g/mol. The molecule has 3 heteroatoms. The minimum atomic E-state index is -0.882. The van der Waals surface area contributed by atoms with Crippen molar-refractivity contribution >= 4 is 5.91 Å². The molecule has 1 aliphatic carbocycles. The quantitative estimate of drug-likeness (QED) is 0.749. The molecule has 0 saturated heterocycles. The van der Waals surface area contributed by atoms with Crippen LogP contribution in [0.4, 0.5) is 0 Å². The molecule has 3 nitrogen and oxygen atoms in total. The average molecular weight is 213 g/mol. The van der Waals surface area contributed by atoms with Crippen molar-refractivity contribution in [3.8, 4) is 0 Å². The van der Waals surface area contributed by atoms with E-state index in [0.29, 0.717) is 0 Å². The Labute approximate surface area is 92.3 Å². The van der Waals surface area contributed by atoms with Crippen molar-refractivity contribution in [3.63, 3.8) is 0 Å². The van der Waals surface area contributed by atoms with Gasteiger partial charge in [-0.15, -0.1) is 0 Å². The molecule has 1 atom stereocenters. The molecule has 1 rings (SSSR count). The first-order chi connectivity index (χ1) is 7.00. The van der Waals surface area contributed by atoms with Gasteiger partial charge in [0.1, 0.15) is 6.10 Å². The summed E-state index contributed by atoms with van der Waals surface area (Å²) in [7, 11) is 0. The van der Waals surface area contributed by atoms with Crippen LogP contribution >= 0.6 is 0 Å². The highest BCUT2D eigenvalue weighted by atomic mass is 16.3. The van der Waals surface area contributed by atoms with Gasteiger partial charge >= 0.3 is 0 Å². The summed E-state index contributed by atoms with van der Waals surface area (Å²) >= 11 is 0. The summed E-state index contributed by atoms with van der Waals surface area (Å²) in [5.41, 5.74) is 0. The largest absolute Gasteiger partial charge is 0.384 e. The van der Waals surface area contributed by atoms with Crippen molar-refractivity contribution in [1.29, 1.82) is 0 Å². The summed E-state index contributed by atoms with van der Waals surface area (Å²) in [5, 5.41) is 12.0. The number of amides is 1. The molecule has 1 fully saturated rings. The van der Waals surface area contributed by atoms with Crippen LogP contribution in [0.1, 0.15) is 46.5 Å². The fraction of sp³-hybridized carbons (Fsp3) is 0.917. The van der Waals surface area contributed by atoms with Crippen LogP contribution in [0.2, 0.25) is 0 Å². The molecule has 0 unspecified atom stereocenters. The lowest BCUT2D eigenvalue weighted by molar-refractivity contribution is -0.129. The van der Waals surface area contributed by atoms with Crippen LogP contribution in [-0.4, -0.2) is 23.2 Å². The lowest BCUT2D eigenvalue weighted by atomic mass is 9.79. The van der Waals surface area contributed by atoms with E-state index in [-0.39, 0.29) is 11.9 Å². The molecule has 88 valence electrons. The predicted octanol–water partition coefficient (Wildman–Crippen LogP) is 1.70. The predicted molar refractivity (Wildman–Crippen MR) is 60.4 cm³/mol. The molecule has 0 aromatic rings. The molecule has 2 N–H and O–H groups in total. The van der Waals surface area contributed by atoms with Gasteiger partial charge < -0.3 is 10.4 Å². The maximum atomic E-state index is 11.3. The number of carbonyl (C=O) groups excluding carboxylic acids is 1. The van der Waals surface area contributed by atoms with Crippen molar-refractivity contribution in [3.05, 3.63) is 0 Å². The number of rotatable bonds is 3. The highest BCUT2D eigenvalue weighted by Gasteiger charge is 2.24. The Morgan fingerprint density at radius 2 is 1.73 bits per heavy atom. The van der Waals surface area contributed by atoms with Gasteiger partial charge in [0.15, 0.2) is 0 Å². The summed E-state index contributed by atoms with van der Waals surface area (Å²) in [6.07, 6.45) is 3.63. The minimum Gasteiger partial charge on any atom is -0.384 e. The average Bonchev–Trinajstić information content (AvgIpc) is 2.18. The normalized spacial score (nSPS) is 28.9. The van der Waals surface area contributed by atoms with Crippen molar-refractivity contribution in [1.82, 2.24) is 5.32 Å². The van der Waals surface area contributed by atoms with Crippen LogP contribution in [-0.2, 0) is 4.79 Å². The van der Waals surface area contributed by atoms with E-state index in [4.69, 9.17) is 5.11 Å². The second-order valence-corrected chi connectivity index (χ2v) is 5.04. The van der Waals surface area contributed by atoms with E-state index in [0.717, 1.165) is 24.7 Å². The lowest BCUT2D eigenvalue weighted by Gasteiger charge is -2.31. The third-order valence-corrected chi connectivity index (χ3v) is 3.44. The third kappa shape index (κ3) is 3.82. The Balaban J connectivity index is 2.29. The van der Waals surface area contributed by atoms with Gasteiger partial charge in [-0.05, 0) is 44.4 Å². The molecular weight excluding hydrogens is 190 g/mol. The van der Waals surface area contributed by atoms with E-state index >= 15 is 0 Å². The molecule has 0 aromatic carbocycles. The van der Waals surface area contributed by atoms with Crippen molar-refractivity contribution < 1.29 is 9.90 Å². The van der Waals surface area contributed by atoms with E-state index in [1.165, 1.54) is 19.8 Å². The topological polar surface area (TPSA) is 49.3 Å². The molecule has 0 radical (unpaired) electrons. The summed E-state index contributed by atoms with van der Waals surface area (Å²) in [5.74, 6) is 1.33. The maximum absolute atomic E-state index is 11.3. The Bertz CT molecular complexity index is 206. The number of hydrogen-bond donors (Lipinski definition) is 2. The van der Waals surface area contributed by atoms with E-state index < -0.39 is 6.10 Å². The first-order valence-electron chi connectivity index (χ1n) is 5.99. The van der Waals surface area contributed by atoms with Crippen molar-refractivity contribution in [2.24, 2.45) is 11.8 Å². The molecule has 0 bridgehead atoms. The molecular formula is C12H23NO2. The molecule has 1 saturated carbocycles. The van der Waals surface area contributed by atoms with Crippen LogP contribution in [0.3, 0.4) is 0 Å². The molecule has 1 amide bonds. The first kappa shape index (κ1) is 12.5. The number of aliphatic hydroxyl groups is 1. The summed E-state index contributed by atoms with van der Waals surface area (Å²) in [4.78, 5) is 11.3. The summed E-state index contributed by atoms with van der Waals surface area (Å²) in [6.45, 7) is 6.04. The maximum Gasteiger partial charge on any atom is 0.248 e. The second kappa shape index (κ2) is 5.50. The number of hydrogen-bond acceptors (Lipinski definition) is 2. The summed E-state index contributed by atoms with van der Waals surface area (Å²) < 4.78 is 0. The Hall–Kier alpha value is -0.570. The van der Waals surface area contributed by atoms with Gasteiger partial charge in [-0.25, -0.2) is 0 Å². The Morgan fingerprint density at radius 3 is 2.13 bits per heavy atom. The zero-order valence-electron chi connectivity index (χ0n) is 9.99. The molecule has 0 aliphatic heterocycles. The number of carbonyl (C=O) groups is 1. The lowest BCUT2D eigenvalue weighted by Crippen LogP contribution is -2.42. The summed E-state index contributed by atoms with van der Waals surface area (Å²) in [6, 6.07) is 0.280. The smallest absolute Gasteiger partial charge is 0.248 e. The highest BCUT2D eigenvalue weighted by molar-refractivity contribution is 5.80. The van der Waals surface area contributed by atoms with Crippen LogP contribution < -0.4 is 5.32 Å². The number of nitrogens with one attached hydrogen (secondary N) is 1. The van der Waals surface area contributed by atoms with E-state index in [9.17, 15) is 4.79 Å². The van der Waals surface area contributed by atoms with E-state index in [2.05, 4.69) is 19.2 Å². The highest BCUT2D eigenvalue weighted by Crippen LogP contribution is 2.29. The standard InChI is InChI=1S/C12H23NO2/c1-8(2)10-4-6-11(7-5-10)13-12(15)9(3)14/h8-11,14H,4-7H2,1-3H3,(H,13,15)/t9-,10-,11-/m1/s1. The van der Waals surface area contributed by atoms with Crippen molar-refractivity contribution in [2.75, 3.05) is 0 Å². The van der Waals surface area contributed by atoms with Gasteiger partial charge in [0.25, 0.3) is 0 Å². The fourth-order valence-electron chi connectivity index (χ4n) is 2.25. The molecule has 0 heterocycles. The van der Waals surface area contributed by atoms with Gasteiger partial charge in [-0.1, -0.05) is 13.8 Å². The number of aliphatic hydroxyl groups excluding tert-OH is 1. The van der Waals surface area contributed by atoms with Gasteiger partial charge in [-0.3, -0.25) is 4.79 Å². The van der Waals surface area contributed by atoms with E-state index in [1.54, 1.807) is 0 Å². The van der Waals surface area contributed by atoms with Crippen LogP contribution in [0.5, 0.6) is 0 Å². The zero-order valence-corrected chi connectivity index (χ0v) is 9.99. The van der Waals surface area contributed by atoms with E-state index in [1.807, 2.05) is 0 Å². The first-order valence-corrected chi connectivity index (χ1v) is 5.99. The molecule has 1 aliphatic rings. The minimum absolute atomic E-state index is 0.233. The Morgan fingerprint density at radius 1 is 1.20 bits per heavy atom. The SMILES string of the molecule is CC(C)[C@H]1CC[C@H](NC(=O)[C@@H](C)O)CC1. The van der Waals surface area contributed by atoms with Crippen LogP contribution in [0, 0.1) is 11.8 Å². The van der Waals surface area contributed by atoms with Gasteiger partial charge in [-0.2, -0.15) is 0 Å². The van der Waals surface area contributed by atoms with Gasteiger partial charge in [0.2, 0.25) is 5.91 Å². The molecule has 0 aromatic heterocycles. The van der Waals surface area contributed by atoms with Crippen molar-refractivity contribution in [2.45, 2.75) is 58.6 Å². The molecule has 15 heavy (non-hydrogen) atoms.